The second kappa shape index (κ2) is 6.80. The maximum absolute atomic E-state index is 9.82. The fourth-order valence-electron chi connectivity index (χ4n) is 1.12. The van der Waals surface area contributed by atoms with E-state index < -0.39 is 5.91 Å². The zero-order chi connectivity index (χ0) is 14.3. The van der Waals surface area contributed by atoms with Gasteiger partial charge in [0, 0.05) is 5.57 Å². The molecular formula is C16H23NO. The molecule has 0 fully saturated rings. The summed E-state index contributed by atoms with van der Waals surface area (Å²) in [6.45, 7) is 15.2. The zero-order valence-electron chi connectivity index (χ0n) is 11.8. The summed E-state index contributed by atoms with van der Waals surface area (Å²) in [6.07, 6.45) is 1.87. The van der Waals surface area contributed by atoms with E-state index in [1.54, 1.807) is 6.92 Å². The molecule has 1 rings (SSSR count). The van der Waals surface area contributed by atoms with Crippen LogP contribution >= 0.6 is 0 Å². The molecule has 2 nitrogen and oxygen atoms in total. The molecule has 0 saturated carbocycles. The lowest BCUT2D eigenvalue weighted by Crippen LogP contribution is -2.10. The van der Waals surface area contributed by atoms with Crippen molar-refractivity contribution in [2.75, 3.05) is 0 Å². The molecule has 0 aliphatic heterocycles. The third kappa shape index (κ3) is 6.04. The zero-order valence-corrected chi connectivity index (χ0v) is 11.8. The molecule has 0 saturated heterocycles. The molecule has 2 heteroatoms. The maximum atomic E-state index is 9.82. The first-order chi connectivity index (χ1) is 8.18. The summed E-state index contributed by atoms with van der Waals surface area (Å²) in [5, 5.41) is 0. The van der Waals surface area contributed by atoms with Crippen LogP contribution in [0.5, 0.6) is 0 Å². The second-order valence-corrected chi connectivity index (χ2v) is 5.22. The highest BCUT2D eigenvalue weighted by Gasteiger charge is 2.12. The van der Waals surface area contributed by atoms with Crippen molar-refractivity contribution in [3.05, 3.63) is 54.1 Å². The number of hydrogen-bond donors (Lipinski definition) is 1. The quantitative estimate of drug-likeness (QED) is 0.794. The number of hydrogen-bond acceptors (Lipinski definition) is 1. The minimum atomic E-state index is -0.435. The van der Waals surface area contributed by atoms with Crippen LogP contribution in [0.1, 0.15) is 38.8 Å². The molecule has 0 radical (unpaired) electrons. The van der Waals surface area contributed by atoms with E-state index in [-0.39, 0.29) is 5.41 Å². The van der Waals surface area contributed by atoms with Crippen LogP contribution in [-0.4, -0.2) is 5.91 Å². The summed E-state index contributed by atoms with van der Waals surface area (Å²) in [7, 11) is 0. The number of primary amides is 1. The normalized spacial score (nSPS) is 10.0. The molecule has 0 spiro atoms. The largest absolute Gasteiger partial charge is 0.366 e. The molecule has 18 heavy (non-hydrogen) atoms. The van der Waals surface area contributed by atoms with Crippen LogP contribution in [0.4, 0.5) is 0 Å². The molecule has 98 valence electrons. The van der Waals surface area contributed by atoms with Gasteiger partial charge in [0.05, 0.1) is 0 Å². The molecule has 1 aromatic carbocycles. The predicted octanol–water partition coefficient (Wildman–Crippen LogP) is 3.67. The second-order valence-electron chi connectivity index (χ2n) is 5.22. The van der Waals surface area contributed by atoms with E-state index in [0.29, 0.717) is 5.57 Å². The van der Waals surface area contributed by atoms with Gasteiger partial charge in [0.25, 0.3) is 0 Å². The molecule has 0 aliphatic carbocycles. The lowest BCUT2D eigenvalue weighted by atomic mass is 9.87. The van der Waals surface area contributed by atoms with Gasteiger partial charge >= 0.3 is 0 Å². The van der Waals surface area contributed by atoms with E-state index in [2.05, 4.69) is 58.2 Å². The van der Waals surface area contributed by atoms with Gasteiger partial charge in [0.1, 0.15) is 0 Å². The average Bonchev–Trinajstić information content (AvgIpc) is 2.28. The minimum absolute atomic E-state index is 0.250. The summed E-state index contributed by atoms with van der Waals surface area (Å²) in [4.78, 5) is 9.82. The molecule has 0 atom stereocenters. The fourth-order valence-corrected chi connectivity index (χ4v) is 1.12. The van der Waals surface area contributed by atoms with Crippen LogP contribution in [0, 0.1) is 0 Å². The molecule has 1 aromatic rings. The fraction of sp³-hybridized carbons (Fsp3) is 0.312. The highest BCUT2D eigenvalue weighted by molar-refractivity contribution is 5.90. The lowest BCUT2D eigenvalue weighted by molar-refractivity contribution is -0.114. The Hall–Kier alpha value is -1.83. The Labute approximate surface area is 110 Å². The van der Waals surface area contributed by atoms with E-state index in [1.807, 2.05) is 6.08 Å². The van der Waals surface area contributed by atoms with Crippen LogP contribution in [0.25, 0.3) is 6.08 Å². The van der Waals surface area contributed by atoms with Crippen molar-refractivity contribution in [3.63, 3.8) is 0 Å². The van der Waals surface area contributed by atoms with Gasteiger partial charge in [-0.3, -0.25) is 4.79 Å². The van der Waals surface area contributed by atoms with Gasteiger partial charge in [0.15, 0.2) is 0 Å². The summed E-state index contributed by atoms with van der Waals surface area (Å²) in [5.41, 5.74) is 7.90. The van der Waals surface area contributed by atoms with Crippen molar-refractivity contribution in [2.24, 2.45) is 5.73 Å². The topological polar surface area (TPSA) is 43.1 Å². The number of rotatable bonds is 2. The molecule has 0 aromatic heterocycles. The minimum Gasteiger partial charge on any atom is -0.366 e. The third-order valence-corrected chi connectivity index (χ3v) is 2.43. The Bertz CT molecular complexity index is 409. The van der Waals surface area contributed by atoms with E-state index in [4.69, 9.17) is 5.73 Å². The molecule has 1 amide bonds. The monoisotopic (exact) mass is 245 g/mol. The Morgan fingerprint density at radius 3 is 1.83 bits per heavy atom. The molecule has 0 heterocycles. The Morgan fingerprint density at radius 1 is 1.22 bits per heavy atom. The van der Waals surface area contributed by atoms with Crippen LogP contribution in [-0.2, 0) is 10.2 Å². The standard InChI is InChI=1S/C12H16.C4H7NO/c1-5-10-6-8-11(9-7-10)12(2,3)4;1-3(2)4(5)6/h5-9H,1H2,2-4H3;1H2,2H3,(H2,5,6). The van der Waals surface area contributed by atoms with Gasteiger partial charge in [-0.25, -0.2) is 0 Å². The van der Waals surface area contributed by atoms with Crippen LogP contribution in [0.2, 0.25) is 0 Å². The van der Waals surface area contributed by atoms with Crippen molar-refractivity contribution in [1.29, 1.82) is 0 Å². The SMILES string of the molecule is C=C(C)C(N)=O.C=Cc1ccc(C(C)(C)C)cc1. The summed E-state index contributed by atoms with van der Waals surface area (Å²) in [6, 6.07) is 8.54. The number of nitrogens with two attached hydrogens (primary N) is 1. The van der Waals surface area contributed by atoms with Crippen molar-refractivity contribution in [2.45, 2.75) is 33.1 Å². The van der Waals surface area contributed by atoms with E-state index in [1.165, 1.54) is 11.1 Å². The average molecular weight is 245 g/mol. The number of benzene rings is 1. The molecule has 2 N–H and O–H groups in total. The Balaban J connectivity index is 0.000000411. The van der Waals surface area contributed by atoms with Crippen molar-refractivity contribution >= 4 is 12.0 Å². The Kier molecular flexibility index (Phi) is 6.11. The van der Waals surface area contributed by atoms with Gasteiger partial charge in [-0.05, 0) is 23.5 Å². The van der Waals surface area contributed by atoms with Crippen LogP contribution in [0.3, 0.4) is 0 Å². The smallest absolute Gasteiger partial charge is 0.243 e. The first-order valence-corrected chi connectivity index (χ1v) is 5.86. The lowest BCUT2D eigenvalue weighted by Gasteiger charge is -2.18. The molecular weight excluding hydrogens is 222 g/mol. The van der Waals surface area contributed by atoms with Crippen molar-refractivity contribution in [1.82, 2.24) is 0 Å². The molecule has 0 bridgehead atoms. The third-order valence-electron chi connectivity index (χ3n) is 2.43. The van der Waals surface area contributed by atoms with Gasteiger partial charge in [-0.2, -0.15) is 0 Å². The predicted molar refractivity (Wildman–Crippen MR) is 79.2 cm³/mol. The van der Waals surface area contributed by atoms with Crippen LogP contribution < -0.4 is 5.73 Å². The Morgan fingerprint density at radius 2 is 1.61 bits per heavy atom. The highest BCUT2D eigenvalue weighted by Crippen LogP contribution is 2.22. The van der Waals surface area contributed by atoms with Crippen molar-refractivity contribution in [3.8, 4) is 0 Å². The molecule has 0 aliphatic rings. The van der Waals surface area contributed by atoms with Gasteiger partial charge in [0.2, 0.25) is 5.91 Å². The summed E-state index contributed by atoms with van der Waals surface area (Å²) < 4.78 is 0. The molecule has 0 unspecified atom stereocenters. The number of carbonyl (C=O) groups is 1. The number of amides is 1. The van der Waals surface area contributed by atoms with Gasteiger partial charge in [-0.15, -0.1) is 0 Å². The van der Waals surface area contributed by atoms with E-state index in [9.17, 15) is 4.79 Å². The van der Waals surface area contributed by atoms with Crippen molar-refractivity contribution < 1.29 is 4.79 Å². The summed E-state index contributed by atoms with van der Waals surface area (Å²) in [5.74, 6) is -0.435. The van der Waals surface area contributed by atoms with E-state index >= 15 is 0 Å². The van der Waals surface area contributed by atoms with Gasteiger partial charge in [-0.1, -0.05) is 64.3 Å². The van der Waals surface area contributed by atoms with Gasteiger partial charge < -0.3 is 5.73 Å². The highest BCUT2D eigenvalue weighted by atomic mass is 16.1. The first-order valence-electron chi connectivity index (χ1n) is 5.86. The van der Waals surface area contributed by atoms with E-state index in [0.717, 1.165) is 0 Å². The number of carbonyl (C=O) groups excluding carboxylic acids is 1. The van der Waals surface area contributed by atoms with Crippen LogP contribution in [0.15, 0.2) is 43.0 Å². The summed E-state index contributed by atoms with van der Waals surface area (Å²) >= 11 is 0. The maximum Gasteiger partial charge on any atom is 0.243 e. The first kappa shape index (κ1) is 16.2.